The number of nitrogens with one attached hydrogen (secondary N) is 1. The first-order valence-corrected chi connectivity index (χ1v) is 6.55. The first kappa shape index (κ1) is 14.5. The fourth-order valence-corrected chi connectivity index (χ4v) is 1.85. The van der Waals surface area contributed by atoms with Gasteiger partial charge in [-0.25, -0.2) is 0 Å². The van der Waals surface area contributed by atoms with Crippen LogP contribution in [0.2, 0.25) is 0 Å². The Balaban J connectivity index is 2.28. The van der Waals surface area contributed by atoms with Crippen LogP contribution in [0.5, 0.6) is 0 Å². The Labute approximate surface area is 104 Å². The van der Waals surface area contributed by atoms with Gasteiger partial charge in [-0.15, -0.1) is 0 Å². The second-order valence-corrected chi connectivity index (χ2v) is 5.70. The van der Waals surface area contributed by atoms with E-state index < -0.39 is 0 Å². The Kier molecular flexibility index (Phi) is 4.95. The molecule has 100 valence electrons. The van der Waals surface area contributed by atoms with E-state index in [9.17, 15) is 4.79 Å². The predicted octanol–water partition coefficient (Wildman–Crippen LogP) is 1.43. The van der Waals surface area contributed by atoms with Crippen LogP contribution in [0.1, 0.15) is 47.0 Å². The van der Waals surface area contributed by atoms with Gasteiger partial charge in [0.1, 0.15) is 6.10 Å². The molecule has 1 atom stereocenters. The van der Waals surface area contributed by atoms with Crippen molar-refractivity contribution < 1.29 is 9.53 Å². The summed E-state index contributed by atoms with van der Waals surface area (Å²) in [5, 5.41) is 3.00. The third-order valence-corrected chi connectivity index (χ3v) is 3.64. The molecule has 0 aromatic heterocycles. The van der Waals surface area contributed by atoms with Gasteiger partial charge in [0.2, 0.25) is 5.91 Å². The first-order valence-electron chi connectivity index (χ1n) is 6.55. The second-order valence-electron chi connectivity index (χ2n) is 5.70. The van der Waals surface area contributed by atoms with Gasteiger partial charge in [0, 0.05) is 5.54 Å². The topological polar surface area (TPSA) is 64.3 Å². The van der Waals surface area contributed by atoms with Crippen LogP contribution in [0.4, 0.5) is 0 Å². The number of hydrogen-bond donors (Lipinski definition) is 2. The maximum Gasteiger partial charge on any atom is 0.249 e. The highest BCUT2D eigenvalue weighted by atomic mass is 16.5. The number of nitrogens with two attached hydrogens (primary N) is 1. The summed E-state index contributed by atoms with van der Waals surface area (Å²) in [4.78, 5) is 11.9. The van der Waals surface area contributed by atoms with Crippen LogP contribution in [-0.4, -0.2) is 30.2 Å². The van der Waals surface area contributed by atoms with Crippen molar-refractivity contribution in [1.29, 1.82) is 0 Å². The summed E-state index contributed by atoms with van der Waals surface area (Å²) in [5.41, 5.74) is 5.39. The van der Waals surface area contributed by atoms with Gasteiger partial charge in [0.05, 0.1) is 6.10 Å². The van der Waals surface area contributed by atoms with Crippen molar-refractivity contribution in [1.82, 2.24) is 5.32 Å². The maximum atomic E-state index is 11.9. The van der Waals surface area contributed by atoms with Gasteiger partial charge in [-0.05, 0) is 52.5 Å². The molecule has 1 fully saturated rings. The molecule has 0 aliphatic heterocycles. The highest BCUT2D eigenvalue weighted by Crippen LogP contribution is 2.29. The number of carbonyl (C=O) groups excluding carboxylic acids is 1. The summed E-state index contributed by atoms with van der Waals surface area (Å²) in [6, 6.07) is 0. The maximum absolute atomic E-state index is 11.9. The van der Waals surface area contributed by atoms with Crippen molar-refractivity contribution in [3.63, 3.8) is 0 Å². The van der Waals surface area contributed by atoms with Crippen molar-refractivity contribution in [2.45, 2.75) is 64.7 Å². The molecule has 0 saturated heterocycles. The Morgan fingerprint density at radius 2 is 2.12 bits per heavy atom. The van der Waals surface area contributed by atoms with Crippen molar-refractivity contribution >= 4 is 5.91 Å². The zero-order valence-corrected chi connectivity index (χ0v) is 11.5. The molecule has 0 bridgehead atoms. The molecule has 4 heteroatoms. The summed E-state index contributed by atoms with van der Waals surface area (Å²) >= 11 is 0. The molecular formula is C13H26N2O2. The summed E-state index contributed by atoms with van der Waals surface area (Å²) < 4.78 is 5.70. The summed E-state index contributed by atoms with van der Waals surface area (Å²) in [5.74, 6) is 0.565. The van der Waals surface area contributed by atoms with E-state index >= 15 is 0 Å². The average molecular weight is 242 g/mol. The molecule has 4 nitrogen and oxygen atoms in total. The van der Waals surface area contributed by atoms with Crippen molar-refractivity contribution in [3.05, 3.63) is 0 Å². The van der Waals surface area contributed by atoms with Gasteiger partial charge in [-0.3, -0.25) is 4.79 Å². The molecule has 0 heterocycles. The van der Waals surface area contributed by atoms with Crippen LogP contribution in [0.15, 0.2) is 0 Å². The molecule has 0 aromatic carbocycles. The Hall–Kier alpha value is -0.610. The third-order valence-electron chi connectivity index (χ3n) is 3.64. The minimum absolute atomic E-state index is 0.0203. The lowest BCUT2D eigenvalue weighted by Crippen LogP contribution is -2.49. The molecular weight excluding hydrogens is 216 g/mol. The summed E-state index contributed by atoms with van der Waals surface area (Å²) in [6.07, 6.45) is 2.74. The van der Waals surface area contributed by atoms with Gasteiger partial charge < -0.3 is 15.8 Å². The lowest BCUT2D eigenvalue weighted by Gasteiger charge is -2.36. The number of hydrogen-bond acceptors (Lipinski definition) is 3. The van der Waals surface area contributed by atoms with E-state index in [-0.39, 0.29) is 23.7 Å². The second kappa shape index (κ2) is 5.83. The fraction of sp³-hybridized carbons (Fsp3) is 0.923. The average Bonchev–Trinajstić information content (AvgIpc) is 2.21. The van der Waals surface area contributed by atoms with E-state index in [1.807, 2.05) is 20.8 Å². The Morgan fingerprint density at radius 3 is 2.59 bits per heavy atom. The minimum atomic E-state index is -0.371. The van der Waals surface area contributed by atoms with Crippen molar-refractivity contribution in [2.75, 3.05) is 6.54 Å². The number of rotatable bonds is 6. The molecule has 1 rings (SSSR count). The van der Waals surface area contributed by atoms with Crippen LogP contribution in [0.3, 0.4) is 0 Å². The highest BCUT2D eigenvalue weighted by molar-refractivity contribution is 5.81. The van der Waals surface area contributed by atoms with E-state index in [0.717, 1.165) is 25.8 Å². The van der Waals surface area contributed by atoms with Crippen LogP contribution in [0.25, 0.3) is 0 Å². The Morgan fingerprint density at radius 1 is 1.53 bits per heavy atom. The Bertz CT molecular complexity index is 260. The highest BCUT2D eigenvalue weighted by Gasteiger charge is 2.32. The van der Waals surface area contributed by atoms with Gasteiger partial charge >= 0.3 is 0 Å². The SMILES string of the molecule is CCC(C)(C)NC(=O)C(C)OC1CC(CN)C1. The minimum Gasteiger partial charge on any atom is -0.365 e. The van der Waals surface area contributed by atoms with Crippen molar-refractivity contribution in [3.8, 4) is 0 Å². The first-order chi connectivity index (χ1) is 7.88. The molecule has 17 heavy (non-hydrogen) atoms. The van der Waals surface area contributed by atoms with Gasteiger partial charge in [-0.2, -0.15) is 0 Å². The van der Waals surface area contributed by atoms with Crippen LogP contribution in [-0.2, 0) is 9.53 Å². The normalized spacial score (nSPS) is 26.2. The van der Waals surface area contributed by atoms with Gasteiger partial charge in [0.15, 0.2) is 0 Å². The number of carbonyl (C=O) groups is 1. The van der Waals surface area contributed by atoms with E-state index in [1.54, 1.807) is 0 Å². The van der Waals surface area contributed by atoms with Crippen LogP contribution in [0, 0.1) is 5.92 Å². The van der Waals surface area contributed by atoms with Crippen LogP contribution < -0.4 is 11.1 Å². The third kappa shape index (κ3) is 4.28. The zero-order chi connectivity index (χ0) is 13.1. The predicted molar refractivity (Wildman–Crippen MR) is 68.6 cm³/mol. The molecule has 3 N–H and O–H groups in total. The molecule has 0 aromatic rings. The standard InChI is InChI=1S/C13H26N2O2/c1-5-13(3,4)15-12(16)9(2)17-11-6-10(7-11)8-14/h9-11H,5-8,14H2,1-4H3,(H,15,16). The van der Waals surface area contributed by atoms with Crippen molar-refractivity contribution in [2.24, 2.45) is 11.7 Å². The quantitative estimate of drug-likeness (QED) is 0.740. The number of ether oxygens (including phenoxy) is 1. The molecule has 0 spiro atoms. The van der Waals surface area contributed by atoms with Gasteiger partial charge in [-0.1, -0.05) is 6.92 Å². The molecule has 1 aliphatic rings. The van der Waals surface area contributed by atoms with Crippen LogP contribution >= 0.6 is 0 Å². The van der Waals surface area contributed by atoms with E-state index in [4.69, 9.17) is 10.5 Å². The summed E-state index contributed by atoms with van der Waals surface area (Å²) in [7, 11) is 0. The lowest BCUT2D eigenvalue weighted by atomic mass is 9.82. The van der Waals surface area contributed by atoms with E-state index in [0.29, 0.717) is 5.92 Å². The van der Waals surface area contributed by atoms with Gasteiger partial charge in [0.25, 0.3) is 0 Å². The monoisotopic (exact) mass is 242 g/mol. The molecule has 1 unspecified atom stereocenters. The van der Waals surface area contributed by atoms with E-state index in [2.05, 4.69) is 12.2 Å². The fourth-order valence-electron chi connectivity index (χ4n) is 1.85. The molecule has 0 radical (unpaired) electrons. The largest absolute Gasteiger partial charge is 0.365 e. The van der Waals surface area contributed by atoms with E-state index in [1.165, 1.54) is 0 Å². The smallest absolute Gasteiger partial charge is 0.249 e. The number of amides is 1. The molecule has 1 amide bonds. The zero-order valence-electron chi connectivity index (χ0n) is 11.5. The summed E-state index contributed by atoms with van der Waals surface area (Å²) in [6.45, 7) is 8.64. The lowest BCUT2D eigenvalue weighted by molar-refractivity contribution is -0.142. The molecule has 1 aliphatic carbocycles. The molecule has 1 saturated carbocycles.